The number of carbonyl (C=O) groups is 2. The van der Waals surface area contributed by atoms with E-state index in [0.29, 0.717) is 23.9 Å². The normalized spacial score (nSPS) is 16.5. The largest absolute Gasteiger partial charge is 0.484 e. The highest BCUT2D eigenvalue weighted by Gasteiger charge is 2.34. The van der Waals surface area contributed by atoms with E-state index in [-0.39, 0.29) is 18.4 Å². The zero-order chi connectivity index (χ0) is 18.5. The first kappa shape index (κ1) is 18.7. The van der Waals surface area contributed by atoms with Gasteiger partial charge in [0.1, 0.15) is 11.8 Å². The van der Waals surface area contributed by atoms with Crippen molar-refractivity contribution in [2.24, 2.45) is 0 Å². The standard InChI is InChI=1S/C18H21N3O3S2/c1-12-4-3-5-15(6-12)24-8-17(22)21-11-25-10-16(21)18(23)19-7-14-9-26-13(2)20-14/h3-6,9,16H,7-8,10-11H2,1-2H3,(H,19,23). The van der Waals surface area contributed by atoms with Crippen molar-refractivity contribution < 1.29 is 14.3 Å². The molecule has 0 saturated carbocycles. The minimum Gasteiger partial charge on any atom is -0.484 e. The van der Waals surface area contributed by atoms with Gasteiger partial charge in [-0.2, -0.15) is 0 Å². The van der Waals surface area contributed by atoms with E-state index in [9.17, 15) is 9.59 Å². The molecule has 2 heterocycles. The molecule has 0 spiro atoms. The van der Waals surface area contributed by atoms with Gasteiger partial charge in [0.15, 0.2) is 6.61 Å². The third-order valence-corrected chi connectivity index (χ3v) is 5.80. The molecule has 2 aromatic rings. The number of nitrogens with one attached hydrogen (secondary N) is 1. The summed E-state index contributed by atoms with van der Waals surface area (Å²) in [6.45, 7) is 4.21. The monoisotopic (exact) mass is 391 g/mol. The number of nitrogens with zero attached hydrogens (tertiary/aromatic N) is 2. The van der Waals surface area contributed by atoms with Crippen LogP contribution in [0, 0.1) is 13.8 Å². The number of hydrogen-bond acceptors (Lipinski definition) is 6. The van der Waals surface area contributed by atoms with E-state index in [2.05, 4.69) is 10.3 Å². The van der Waals surface area contributed by atoms with Gasteiger partial charge in [0.2, 0.25) is 5.91 Å². The van der Waals surface area contributed by atoms with Crippen molar-refractivity contribution >= 4 is 34.9 Å². The fourth-order valence-electron chi connectivity index (χ4n) is 2.62. The molecule has 3 rings (SSSR count). The van der Waals surface area contributed by atoms with Gasteiger partial charge < -0.3 is 15.0 Å². The van der Waals surface area contributed by atoms with Gasteiger partial charge in [-0.3, -0.25) is 9.59 Å². The molecule has 1 aliphatic rings. The molecular weight excluding hydrogens is 370 g/mol. The highest BCUT2D eigenvalue weighted by atomic mass is 32.2. The third-order valence-electron chi connectivity index (χ3n) is 3.97. The summed E-state index contributed by atoms with van der Waals surface area (Å²) in [6, 6.07) is 7.09. The molecule has 8 heteroatoms. The van der Waals surface area contributed by atoms with E-state index in [1.54, 1.807) is 28.0 Å². The zero-order valence-electron chi connectivity index (χ0n) is 14.7. The average Bonchev–Trinajstić information content (AvgIpc) is 3.26. The fourth-order valence-corrected chi connectivity index (χ4v) is 4.42. The number of ether oxygens (including phenoxy) is 1. The van der Waals surface area contributed by atoms with E-state index in [1.807, 2.05) is 43.5 Å². The van der Waals surface area contributed by atoms with Gasteiger partial charge in [0, 0.05) is 11.1 Å². The highest BCUT2D eigenvalue weighted by molar-refractivity contribution is 7.99. The van der Waals surface area contributed by atoms with Gasteiger partial charge in [0.05, 0.1) is 23.1 Å². The second-order valence-corrected chi connectivity index (χ2v) is 8.12. The molecular formula is C18H21N3O3S2. The second kappa shape index (κ2) is 8.55. The van der Waals surface area contributed by atoms with Gasteiger partial charge in [0.25, 0.3) is 5.91 Å². The number of carbonyl (C=O) groups excluding carboxylic acids is 2. The summed E-state index contributed by atoms with van der Waals surface area (Å²) in [4.78, 5) is 30.9. The summed E-state index contributed by atoms with van der Waals surface area (Å²) in [6.07, 6.45) is 0. The van der Waals surface area contributed by atoms with E-state index in [1.165, 1.54) is 0 Å². The van der Waals surface area contributed by atoms with Crippen molar-refractivity contribution in [2.75, 3.05) is 18.2 Å². The van der Waals surface area contributed by atoms with Gasteiger partial charge in [-0.1, -0.05) is 12.1 Å². The molecule has 1 atom stereocenters. The Kier molecular flexibility index (Phi) is 6.16. The quantitative estimate of drug-likeness (QED) is 0.818. The first-order valence-corrected chi connectivity index (χ1v) is 10.3. The molecule has 0 bridgehead atoms. The predicted molar refractivity (Wildman–Crippen MR) is 103 cm³/mol. The Hall–Kier alpha value is -2.06. The average molecular weight is 392 g/mol. The van der Waals surface area contributed by atoms with Crippen molar-refractivity contribution in [1.29, 1.82) is 0 Å². The van der Waals surface area contributed by atoms with Gasteiger partial charge >= 0.3 is 0 Å². The molecule has 1 aromatic heterocycles. The number of amides is 2. The maximum absolute atomic E-state index is 12.5. The van der Waals surface area contributed by atoms with Crippen LogP contribution in [0.5, 0.6) is 5.75 Å². The van der Waals surface area contributed by atoms with E-state index < -0.39 is 6.04 Å². The van der Waals surface area contributed by atoms with Crippen LogP contribution in [-0.4, -0.2) is 46.0 Å². The molecule has 26 heavy (non-hydrogen) atoms. The zero-order valence-corrected chi connectivity index (χ0v) is 16.4. The van der Waals surface area contributed by atoms with Gasteiger partial charge in [-0.15, -0.1) is 23.1 Å². The number of hydrogen-bond donors (Lipinski definition) is 1. The minimum absolute atomic E-state index is 0.0704. The maximum atomic E-state index is 12.5. The smallest absolute Gasteiger partial charge is 0.261 e. The van der Waals surface area contributed by atoms with Crippen LogP contribution in [0.25, 0.3) is 0 Å². The van der Waals surface area contributed by atoms with Crippen LogP contribution in [0.4, 0.5) is 0 Å². The topological polar surface area (TPSA) is 71.5 Å². The summed E-state index contributed by atoms with van der Waals surface area (Å²) in [7, 11) is 0. The SMILES string of the molecule is Cc1cccc(OCC(=O)N2CSCC2C(=O)NCc2csc(C)n2)c1. The summed E-state index contributed by atoms with van der Waals surface area (Å²) in [5.74, 6) is 1.43. The van der Waals surface area contributed by atoms with Crippen LogP contribution in [0.3, 0.4) is 0 Å². The van der Waals surface area contributed by atoms with E-state index in [0.717, 1.165) is 16.3 Å². The lowest BCUT2D eigenvalue weighted by Crippen LogP contribution is -2.48. The van der Waals surface area contributed by atoms with Crippen LogP contribution < -0.4 is 10.1 Å². The summed E-state index contributed by atoms with van der Waals surface area (Å²) >= 11 is 3.12. The summed E-state index contributed by atoms with van der Waals surface area (Å²) < 4.78 is 5.58. The Morgan fingerprint density at radius 2 is 2.23 bits per heavy atom. The Bertz CT molecular complexity index is 793. The lowest BCUT2D eigenvalue weighted by molar-refractivity contribution is -0.139. The predicted octanol–water partition coefficient (Wildman–Crippen LogP) is 2.36. The molecule has 1 fully saturated rings. The molecule has 0 radical (unpaired) electrons. The van der Waals surface area contributed by atoms with Crippen LogP contribution in [-0.2, 0) is 16.1 Å². The van der Waals surface area contributed by atoms with Crippen molar-refractivity contribution in [2.45, 2.75) is 26.4 Å². The van der Waals surface area contributed by atoms with Crippen molar-refractivity contribution in [3.8, 4) is 5.75 Å². The number of aromatic nitrogens is 1. The Balaban J connectivity index is 1.53. The van der Waals surface area contributed by atoms with E-state index >= 15 is 0 Å². The summed E-state index contributed by atoms with van der Waals surface area (Å²) in [5.41, 5.74) is 1.91. The lowest BCUT2D eigenvalue weighted by Gasteiger charge is -2.23. The molecule has 1 saturated heterocycles. The van der Waals surface area contributed by atoms with Crippen molar-refractivity contribution in [3.05, 3.63) is 45.9 Å². The molecule has 1 aromatic carbocycles. The molecule has 2 amide bonds. The molecule has 1 N–H and O–H groups in total. The van der Waals surface area contributed by atoms with Crippen molar-refractivity contribution in [1.82, 2.24) is 15.2 Å². The lowest BCUT2D eigenvalue weighted by atomic mass is 10.2. The first-order chi connectivity index (χ1) is 12.5. The second-order valence-electron chi connectivity index (χ2n) is 6.06. The molecule has 6 nitrogen and oxygen atoms in total. The van der Waals surface area contributed by atoms with Gasteiger partial charge in [-0.25, -0.2) is 4.98 Å². The van der Waals surface area contributed by atoms with Gasteiger partial charge in [-0.05, 0) is 31.5 Å². The molecule has 1 aliphatic heterocycles. The van der Waals surface area contributed by atoms with Crippen molar-refractivity contribution in [3.63, 3.8) is 0 Å². The number of benzene rings is 1. The van der Waals surface area contributed by atoms with Crippen LogP contribution in [0.1, 0.15) is 16.3 Å². The third kappa shape index (κ3) is 4.76. The summed E-state index contributed by atoms with van der Waals surface area (Å²) in [5, 5.41) is 5.77. The number of thiazole rings is 1. The van der Waals surface area contributed by atoms with Crippen LogP contribution in [0.2, 0.25) is 0 Å². The Morgan fingerprint density at radius 1 is 1.38 bits per heavy atom. The molecule has 0 aliphatic carbocycles. The fraction of sp³-hybridized carbons (Fsp3) is 0.389. The Morgan fingerprint density at radius 3 is 2.96 bits per heavy atom. The van der Waals surface area contributed by atoms with Crippen LogP contribution >= 0.6 is 23.1 Å². The highest BCUT2D eigenvalue weighted by Crippen LogP contribution is 2.22. The van der Waals surface area contributed by atoms with Crippen LogP contribution in [0.15, 0.2) is 29.6 Å². The number of rotatable bonds is 6. The molecule has 1 unspecified atom stereocenters. The minimum atomic E-state index is -0.464. The Labute approximate surface area is 160 Å². The first-order valence-electron chi connectivity index (χ1n) is 8.28. The number of thioether (sulfide) groups is 1. The van der Waals surface area contributed by atoms with E-state index in [4.69, 9.17) is 4.74 Å². The number of aryl methyl sites for hydroxylation is 2. The maximum Gasteiger partial charge on any atom is 0.261 e. The molecule has 138 valence electrons.